The largest absolute Gasteiger partial charge is 0.338 e. The standard InChI is InChI=1S/C20H20F2N2O2S/c1-2-18(25)24-10-9-13-7-8-15(11-14(13)12-24)23-19(26)16-5-3-4-6-17(16)27-20(21)22/h3-8,11,20H,2,9-10,12H2,1H3,(H,23,26). The van der Waals surface area contributed by atoms with Crippen LogP contribution in [0.3, 0.4) is 0 Å². The topological polar surface area (TPSA) is 49.4 Å². The maximum Gasteiger partial charge on any atom is 0.288 e. The van der Waals surface area contributed by atoms with Gasteiger partial charge in [0.25, 0.3) is 11.7 Å². The summed E-state index contributed by atoms with van der Waals surface area (Å²) >= 11 is 0.354. The molecule has 2 aromatic rings. The van der Waals surface area contributed by atoms with Gasteiger partial charge in [-0.1, -0.05) is 36.9 Å². The Morgan fingerprint density at radius 2 is 1.96 bits per heavy atom. The van der Waals surface area contributed by atoms with Crippen molar-refractivity contribution in [3.8, 4) is 0 Å². The van der Waals surface area contributed by atoms with Crippen LogP contribution in [-0.2, 0) is 17.8 Å². The first-order chi connectivity index (χ1) is 13.0. The fourth-order valence-electron chi connectivity index (χ4n) is 3.12. The van der Waals surface area contributed by atoms with E-state index >= 15 is 0 Å². The highest BCUT2D eigenvalue weighted by molar-refractivity contribution is 7.99. The third kappa shape index (κ3) is 4.66. The van der Waals surface area contributed by atoms with Crippen LogP contribution in [0.25, 0.3) is 0 Å². The second-order valence-corrected chi connectivity index (χ2v) is 7.26. The lowest BCUT2D eigenvalue weighted by atomic mass is 9.98. The Morgan fingerprint density at radius 1 is 1.19 bits per heavy atom. The van der Waals surface area contributed by atoms with Crippen LogP contribution < -0.4 is 5.32 Å². The molecule has 1 aliphatic heterocycles. The van der Waals surface area contributed by atoms with E-state index < -0.39 is 11.7 Å². The number of anilines is 1. The molecule has 0 fully saturated rings. The van der Waals surface area contributed by atoms with Crippen LogP contribution in [0.4, 0.5) is 14.5 Å². The number of thioether (sulfide) groups is 1. The van der Waals surface area contributed by atoms with Gasteiger partial charge in [-0.15, -0.1) is 0 Å². The monoisotopic (exact) mass is 390 g/mol. The fourth-order valence-corrected chi connectivity index (χ4v) is 3.76. The van der Waals surface area contributed by atoms with Crippen molar-refractivity contribution in [2.45, 2.75) is 37.0 Å². The number of nitrogens with one attached hydrogen (secondary N) is 1. The molecule has 3 rings (SSSR count). The maximum atomic E-state index is 12.7. The number of alkyl halides is 2. The van der Waals surface area contributed by atoms with Crippen molar-refractivity contribution in [1.82, 2.24) is 4.90 Å². The Bertz CT molecular complexity index is 858. The van der Waals surface area contributed by atoms with Gasteiger partial charge in [0.1, 0.15) is 0 Å². The number of hydrogen-bond donors (Lipinski definition) is 1. The molecule has 7 heteroatoms. The van der Waals surface area contributed by atoms with E-state index in [1.54, 1.807) is 18.2 Å². The zero-order valence-electron chi connectivity index (χ0n) is 14.9. The van der Waals surface area contributed by atoms with Gasteiger partial charge in [0.15, 0.2) is 0 Å². The molecule has 142 valence electrons. The molecular formula is C20H20F2N2O2S. The molecule has 0 radical (unpaired) electrons. The van der Waals surface area contributed by atoms with Gasteiger partial charge in [0.2, 0.25) is 5.91 Å². The van der Waals surface area contributed by atoms with Crippen molar-refractivity contribution in [2.24, 2.45) is 0 Å². The molecule has 4 nitrogen and oxygen atoms in total. The molecule has 0 aliphatic carbocycles. The van der Waals surface area contributed by atoms with Crippen molar-refractivity contribution >= 4 is 29.3 Å². The molecule has 0 bridgehead atoms. The molecule has 1 heterocycles. The third-order valence-corrected chi connectivity index (χ3v) is 5.27. The van der Waals surface area contributed by atoms with E-state index in [-0.39, 0.29) is 16.4 Å². The van der Waals surface area contributed by atoms with Crippen LogP contribution in [0.15, 0.2) is 47.4 Å². The normalized spacial score (nSPS) is 13.4. The molecule has 0 unspecified atom stereocenters. The molecule has 1 aliphatic rings. The lowest BCUT2D eigenvalue weighted by molar-refractivity contribution is -0.131. The molecule has 0 atom stereocenters. The van der Waals surface area contributed by atoms with Gasteiger partial charge in [-0.25, -0.2) is 0 Å². The molecule has 2 aromatic carbocycles. The molecule has 0 saturated heterocycles. The summed E-state index contributed by atoms with van der Waals surface area (Å²) in [6, 6.07) is 11.9. The van der Waals surface area contributed by atoms with Gasteiger partial charge in [0, 0.05) is 30.1 Å². The second-order valence-electron chi connectivity index (χ2n) is 6.23. The van der Waals surface area contributed by atoms with Gasteiger partial charge < -0.3 is 10.2 Å². The summed E-state index contributed by atoms with van der Waals surface area (Å²) in [5, 5.41) is 2.78. The highest BCUT2D eigenvalue weighted by Crippen LogP contribution is 2.29. The number of nitrogens with zero attached hydrogens (tertiary/aromatic N) is 1. The molecule has 2 amide bonds. The lowest BCUT2D eigenvalue weighted by Gasteiger charge is -2.29. The van der Waals surface area contributed by atoms with Crippen LogP contribution in [0.2, 0.25) is 0 Å². The van der Waals surface area contributed by atoms with E-state index in [9.17, 15) is 18.4 Å². The first kappa shape index (κ1) is 19.4. The highest BCUT2D eigenvalue weighted by atomic mass is 32.2. The molecule has 1 N–H and O–H groups in total. The first-order valence-corrected chi connectivity index (χ1v) is 9.60. The Balaban J connectivity index is 1.77. The van der Waals surface area contributed by atoms with Crippen molar-refractivity contribution < 1.29 is 18.4 Å². The van der Waals surface area contributed by atoms with Gasteiger partial charge in [-0.2, -0.15) is 8.78 Å². The minimum Gasteiger partial charge on any atom is -0.338 e. The second kappa shape index (κ2) is 8.52. The number of hydrogen-bond acceptors (Lipinski definition) is 3. The summed E-state index contributed by atoms with van der Waals surface area (Å²) in [7, 11) is 0. The fraction of sp³-hybridized carbons (Fsp3) is 0.300. The van der Waals surface area contributed by atoms with E-state index in [4.69, 9.17) is 0 Å². The predicted octanol–water partition coefficient (Wildman–Crippen LogP) is 4.55. The molecule has 0 saturated carbocycles. The Morgan fingerprint density at radius 3 is 2.70 bits per heavy atom. The SMILES string of the molecule is CCC(=O)N1CCc2ccc(NC(=O)c3ccccc3SC(F)F)cc2C1. The summed E-state index contributed by atoms with van der Waals surface area (Å²) in [4.78, 5) is 26.6. The summed E-state index contributed by atoms with van der Waals surface area (Å²) in [5.74, 6) is -2.92. The summed E-state index contributed by atoms with van der Waals surface area (Å²) < 4.78 is 25.4. The molecule has 0 spiro atoms. The number of carbonyl (C=O) groups excluding carboxylic acids is 2. The predicted molar refractivity (Wildman–Crippen MR) is 102 cm³/mol. The number of halogens is 2. The van der Waals surface area contributed by atoms with Crippen LogP contribution in [0.5, 0.6) is 0 Å². The zero-order chi connectivity index (χ0) is 19.4. The lowest BCUT2D eigenvalue weighted by Crippen LogP contribution is -2.35. The van der Waals surface area contributed by atoms with E-state index in [2.05, 4.69) is 5.32 Å². The quantitative estimate of drug-likeness (QED) is 0.762. The number of benzene rings is 2. The van der Waals surface area contributed by atoms with E-state index in [0.717, 1.165) is 17.5 Å². The van der Waals surface area contributed by atoms with Crippen LogP contribution in [0.1, 0.15) is 34.8 Å². The average Bonchev–Trinajstić information content (AvgIpc) is 2.66. The van der Waals surface area contributed by atoms with Crippen molar-refractivity contribution in [2.75, 3.05) is 11.9 Å². The van der Waals surface area contributed by atoms with Crippen LogP contribution in [0, 0.1) is 0 Å². The maximum absolute atomic E-state index is 12.7. The summed E-state index contributed by atoms with van der Waals surface area (Å²) in [6.07, 6.45) is 1.24. The smallest absolute Gasteiger partial charge is 0.288 e. The minimum atomic E-state index is -2.59. The average molecular weight is 390 g/mol. The molecule has 27 heavy (non-hydrogen) atoms. The minimum absolute atomic E-state index is 0.105. The van der Waals surface area contributed by atoms with Crippen molar-refractivity contribution in [3.63, 3.8) is 0 Å². The third-order valence-electron chi connectivity index (χ3n) is 4.48. The van der Waals surface area contributed by atoms with Gasteiger partial charge >= 0.3 is 0 Å². The van der Waals surface area contributed by atoms with Gasteiger partial charge in [-0.3, -0.25) is 9.59 Å². The summed E-state index contributed by atoms with van der Waals surface area (Å²) in [6.45, 7) is 3.05. The number of fused-ring (bicyclic) bond motifs is 1. The molecular weight excluding hydrogens is 370 g/mol. The first-order valence-electron chi connectivity index (χ1n) is 8.72. The van der Waals surface area contributed by atoms with Gasteiger partial charge in [0.05, 0.1) is 5.56 Å². The van der Waals surface area contributed by atoms with E-state index in [1.807, 2.05) is 24.0 Å². The highest BCUT2D eigenvalue weighted by Gasteiger charge is 2.20. The zero-order valence-corrected chi connectivity index (χ0v) is 15.7. The Kier molecular flexibility index (Phi) is 6.11. The van der Waals surface area contributed by atoms with E-state index in [0.29, 0.717) is 37.0 Å². The number of carbonyl (C=O) groups is 2. The number of rotatable bonds is 5. The van der Waals surface area contributed by atoms with Crippen molar-refractivity contribution in [1.29, 1.82) is 0 Å². The summed E-state index contributed by atoms with van der Waals surface area (Å²) in [5.41, 5.74) is 2.95. The van der Waals surface area contributed by atoms with E-state index in [1.165, 1.54) is 12.1 Å². The Labute approximate surface area is 160 Å². The van der Waals surface area contributed by atoms with Crippen molar-refractivity contribution in [3.05, 3.63) is 59.2 Å². The Hall–Kier alpha value is -2.41. The molecule has 0 aromatic heterocycles. The number of amides is 2. The van der Waals surface area contributed by atoms with Gasteiger partial charge in [-0.05, 0) is 41.8 Å². The van der Waals surface area contributed by atoms with Crippen LogP contribution >= 0.6 is 11.8 Å². The van der Waals surface area contributed by atoms with Crippen LogP contribution in [-0.4, -0.2) is 29.0 Å².